The summed E-state index contributed by atoms with van der Waals surface area (Å²) in [5.74, 6) is 0. The highest BCUT2D eigenvalue weighted by molar-refractivity contribution is 14.2. The van der Waals surface area contributed by atoms with E-state index < -0.39 is 5.60 Å². The van der Waals surface area contributed by atoms with Gasteiger partial charge in [0.2, 0.25) is 0 Å². The number of hydrogen-bond acceptors (Lipinski definition) is 8. The Bertz CT molecular complexity index is 345. The summed E-state index contributed by atoms with van der Waals surface area (Å²) in [6.45, 7) is 10.6. The number of carbonyl (C=O) groups is 1. The van der Waals surface area contributed by atoms with Crippen LogP contribution in [-0.2, 0) is 27.9 Å². The molecular formula is C16H32INO7S. The molecule has 156 valence electrons. The molecule has 0 fully saturated rings. The van der Waals surface area contributed by atoms with Gasteiger partial charge in [0.25, 0.3) is 0 Å². The van der Waals surface area contributed by atoms with Crippen molar-refractivity contribution >= 4 is 36.5 Å². The van der Waals surface area contributed by atoms with E-state index in [0.717, 1.165) is 0 Å². The molecule has 0 saturated heterocycles. The molecule has 10 heteroatoms. The Balaban J connectivity index is 3.28. The van der Waals surface area contributed by atoms with Crippen LogP contribution in [0.5, 0.6) is 0 Å². The molecule has 0 aromatic carbocycles. The molecule has 0 N–H and O–H groups in total. The predicted octanol–water partition coefficient (Wildman–Crippen LogP) is 2.93. The molecule has 0 bridgehead atoms. The van der Waals surface area contributed by atoms with Crippen molar-refractivity contribution in [1.29, 1.82) is 0 Å². The molecular weight excluding hydrogens is 477 g/mol. The smallest absolute Gasteiger partial charge is 0.410 e. The Labute approximate surface area is 173 Å². The summed E-state index contributed by atoms with van der Waals surface area (Å²) in [6.07, 6.45) is -0.352. The number of likely N-dealkylation sites (N-methyl/N-ethyl adjacent to an activating group) is 1. The molecule has 26 heavy (non-hydrogen) atoms. The second kappa shape index (κ2) is 17.3. The highest BCUT2D eigenvalue weighted by Gasteiger charge is 2.19. The van der Waals surface area contributed by atoms with Crippen LogP contribution in [0.1, 0.15) is 20.8 Å². The SMILES string of the molecule is CN(CCOCCOCCOCCOCCOSI)C(=O)OC(C)(C)C. The van der Waals surface area contributed by atoms with E-state index in [1.165, 1.54) is 14.1 Å². The summed E-state index contributed by atoms with van der Waals surface area (Å²) < 4.78 is 31.8. The molecule has 0 aliphatic heterocycles. The van der Waals surface area contributed by atoms with Crippen molar-refractivity contribution < 1.29 is 32.7 Å². The van der Waals surface area contributed by atoms with E-state index in [1.54, 1.807) is 7.05 Å². The van der Waals surface area contributed by atoms with Gasteiger partial charge in [-0.2, -0.15) is 0 Å². The van der Waals surface area contributed by atoms with Crippen molar-refractivity contribution in [3.05, 3.63) is 0 Å². The van der Waals surface area contributed by atoms with E-state index >= 15 is 0 Å². The Hall–Kier alpha value is 0.150. The molecule has 0 radical (unpaired) electrons. The molecule has 1 amide bonds. The van der Waals surface area contributed by atoms with Crippen LogP contribution in [0.25, 0.3) is 0 Å². The molecule has 0 unspecified atom stereocenters. The number of nitrogens with zero attached hydrogens (tertiary/aromatic N) is 1. The lowest BCUT2D eigenvalue weighted by molar-refractivity contribution is -0.00733. The fourth-order valence-electron chi connectivity index (χ4n) is 1.52. The van der Waals surface area contributed by atoms with Gasteiger partial charge in [0.1, 0.15) is 5.60 Å². The monoisotopic (exact) mass is 509 g/mol. The lowest BCUT2D eigenvalue weighted by atomic mass is 10.2. The maximum absolute atomic E-state index is 11.7. The minimum Gasteiger partial charge on any atom is -0.444 e. The van der Waals surface area contributed by atoms with Crippen molar-refractivity contribution in [3.63, 3.8) is 0 Å². The predicted molar refractivity (Wildman–Crippen MR) is 110 cm³/mol. The topological polar surface area (TPSA) is 75.7 Å². The lowest BCUT2D eigenvalue weighted by Gasteiger charge is -2.24. The average molecular weight is 509 g/mol. The van der Waals surface area contributed by atoms with Gasteiger partial charge in [-0.25, -0.2) is 4.79 Å². The van der Waals surface area contributed by atoms with E-state index in [9.17, 15) is 4.79 Å². The van der Waals surface area contributed by atoms with Crippen LogP contribution < -0.4 is 0 Å². The Morgan fingerprint density at radius 2 is 1.27 bits per heavy atom. The molecule has 0 aliphatic rings. The van der Waals surface area contributed by atoms with E-state index in [1.807, 2.05) is 20.8 Å². The van der Waals surface area contributed by atoms with Gasteiger partial charge in [0.15, 0.2) is 0 Å². The fourth-order valence-corrected chi connectivity index (χ4v) is 2.19. The Morgan fingerprint density at radius 3 is 1.69 bits per heavy atom. The third kappa shape index (κ3) is 18.9. The molecule has 0 aromatic rings. The van der Waals surface area contributed by atoms with Crippen LogP contribution in [0, 0.1) is 0 Å². The summed E-state index contributed by atoms with van der Waals surface area (Å²) in [5, 5.41) is 0. The first kappa shape index (κ1) is 26.1. The quantitative estimate of drug-likeness (QED) is 0.179. The molecule has 0 spiro atoms. The van der Waals surface area contributed by atoms with Gasteiger partial charge in [0, 0.05) is 34.8 Å². The molecule has 0 atom stereocenters. The van der Waals surface area contributed by atoms with Crippen molar-refractivity contribution in [2.75, 3.05) is 73.1 Å². The number of amides is 1. The van der Waals surface area contributed by atoms with Crippen LogP contribution in [0.4, 0.5) is 4.79 Å². The zero-order valence-corrected chi connectivity index (χ0v) is 19.1. The van der Waals surface area contributed by atoms with Crippen LogP contribution in [0.15, 0.2) is 0 Å². The maximum atomic E-state index is 11.7. The third-order valence-electron chi connectivity index (χ3n) is 2.75. The number of hydrogen-bond donors (Lipinski definition) is 0. The lowest BCUT2D eigenvalue weighted by Crippen LogP contribution is -2.36. The van der Waals surface area contributed by atoms with Gasteiger partial charge in [-0.1, -0.05) is 0 Å². The standard InChI is InChI=1S/C16H32INO7S/c1-16(2,3)25-15(19)18(4)5-6-20-7-8-21-9-10-22-11-12-23-13-14-24-26-17/h5-14H2,1-4H3. The second-order valence-corrected chi connectivity index (χ2v) is 7.68. The molecule has 0 saturated carbocycles. The first-order valence-electron chi connectivity index (χ1n) is 8.52. The summed E-state index contributed by atoms with van der Waals surface area (Å²) in [7, 11) is 2.98. The largest absolute Gasteiger partial charge is 0.444 e. The summed E-state index contributed by atoms with van der Waals surface area (Å²) in [4.78, 5) is 13.2. The maximum Gasteiger partial charge on any atom is 0.410 e. The number of ether oxygens (including phenoxy) is 5. The van der Waals surface area contributed by atoms with E-state index in [0.29, 0.717) is 66.0 Å². The fraction of sp³-hybridized carbons (Fsp3) is 0.938. The number of carbonyl (C=O) groups excluding carboxylic acids is 1. The van der Waals surface area contributed by atoms with Gasteiger partial charge >= 0.3 is 6.09 Å². The van der Waals surface area contributed by atoms with Crippen molar-refractivity contribution in [3.8, 4) is 0 Å². The average Bonchev–Trinajstić information content (AvgIpc) is 2.56. The number of rotatable bonds is 16. The number of halogens is 1. The van der Waals surface area contributed by atoms with E-state index in [2.05, 4.69) is 21.2 Å². The molecule has 8 nitrogen and oxygen atoms in total. The highest BCUT2D eigenvalue weighted by atomic mass is 127. The van der Waals surface area contributed by atoms with Crippen LogP contribution in [-0.4, -0.2) is 89.6 Å². The zero-order chi connectivity index (χ0) is 19.7. The highest BCUT2D eigenvalue weighted by Crippen LogP contribution is 2.11. The normalized spacial score (nSPS) is 11.6. The molecule has 0 rings (SSSR count). The van der Waals surface area contributed by atoms with Crippen LogP contribution in [0.3, 0.4) is 0 Å². The molecule has 0 aromatic heterocycles. The summed E-state index contributed by atoms with van der Waals surface area (Å²) >= 11 is 2.06. The first-order valence-corrected chi connectivity index (χ1v) is 11.8. The van der Waals surface area contributed by atoms with Gasteiger partial charge in [-0.3, -0.25) is 0 Å². The second-order valence-electron chi connectivity index (χ2n) is 6.24. The van der Waals surface area contributed by atoms with Gasteiger partial charge in [0.05, 0.1) is 68.7 Å². The Morgan fingerprint density at radius 1 is 0.846 bits per heavy atom. The first-order chi connectivity index (χ1) is 12.4. The minimum absolute atomic E-state index is 0.352. The third-order valence-corrected chi connectivity index (χ3v) is 3.77. The molecule has 0 aliphatic carbocycles. The van der Waals surface area contributed by atoms with E-state index in [4.69, 9.17) is 27.9 Å². The zero-order valence-electron chi connectivity index (χ0n) is 16.2. The van der Waals surface area contributed by atoms with Crippen molar-refractivity contribution in [1.82, 2.24) is 4.90 Å². The van der Waals surface area contributed by atoms with Gasteiger partial charge in [-0.05, 0) is 20.8 Å². The summed E-state index contributed by atoms with van der Waals surface area (Å²) in [5.41, 5.74) is -0.489. The Kier molecular flexibility index (Phi) is 17.4. The van der Waals surface area contributed by atoms with Crippen LogP contribution >= 0.6 is 30.4 Å². The minimum atomic E-state index is -0.489. The van der Waals surface area contributed by atoms with Gasteiger partial charge in [-0.15, -0.1) is 0 Å². The summed E-state index contributed by atoms with van der Waals surface area (Å²) in [6, 6.07) is 0. The van der Waals surface area contributed by atoms with Crippen LogP contribution in [0.2, 0.25) is 0 Å². The molecule has 0 heterocycles. The van der Waals surface area contributed by atoms with E-state index in [-0.39, 0.29) is 6.09 Å². The van der Waals surface area contributed by atoms with Crippen molar-refractivity contribution in [2.24, 2.45) is 0 Å². The van der Waals surface area contributed by atoms with Crippen molar-refractivity contribution in [2.45, 2.75) is 26.4 Å². The van der Waals surface area contributed by atoms with Gasteiger partial charge < -0.3 is 32.8 Å².